The maximum absolute atomic E-state index is 4.51. The van der Waals surface area contributed by atoms with E-state index in [0.29, 0.717) is 5.92 Å². The lowest BCUT2D eigenvalue weighted by Gasteiger charge is -2.40. The fraction of sp³-hybridized carbons (Fsp3) is 0.355. The Morgan fingerprint density at radius 3 is 2.28 bits per heavy atom. The van der Waals surface area contributed by atoms with Crippen molar-refractivity contribution in [1.29, 1.82) is 0 Å². The Balaban J connectivity index is 1.24. The van der Waals surface area contributed by atoms with Crippen molar-refractivity contribution in [2.45, 2.75) is 32.5 Å². The molecule has 1 aliphatic heterocycles. The quantitative estimate of drug-likeness (QED) is 0.416. The minimum atomic E-state index is 0.108. The van der Waals surface area contributed by atoms with Gasteiger partial charge in [-0.15, -0.1) is 0 Å². The van der Waals surface area contributed by atoms with E-state index in [4.69, 9.17) is 0 Å². The van der Waals surface area contributed by atoms with Crippen LogP contribution in [-0.2, 0) is 19.6 Å². The third kappa shape index (κ3) is 6.55. The molecule has 186 valence electrons. The van der Waals surface area contributed by atoms with Crippen molar-refractivity contribution in [3.8, 4) is 0 Å². The number of hydrogen-bond donors (Lipinski definition) is 2. The van der Waals surface area contributed by atoms with E-state index in [0.717, 1.165) is 63.6 Å². The molecule has 1 saturated heterocycles. The molecular weight excluding hydrogens is 442 g/mol. The molecule has 5 rings (SSSR count). The highest BCUT2D eigenvalue weighted by molar-refractivity contribution is 5.27. The number of benzene rings is 1. The summed E-state index contributed by atoms with van der Waals surface area (Å²) in [7, 11) is 0. The fourth-order valence-corrected chi connectivity index (χ4v) is 5.65. The highest BCUT2D eigenvalue weighted by atomic mass is 15.1. The number of likely N-dealkylation sites (tertiary alicyclic amines) is 1. The average molecular weight is 480 g/mol. The summed E-state index contributed by atoms with van der Waals surface area (Å²) in [6.45, 7) is 6.78. The molecule has 5 heteroatoms. The third-order valence-electron chi connectivity index (χ3n) is 7.52. The molecule has 2 unspecified atom stereocenters. The Hall–Kier alpha value is -3.12. The van der Waals surface area contributed by atoms with Gasteiger partial charge in [0.1, 0.15) is 0 Å². The molecule has 2 aliphatic rings. The lowest BCUT2D eigenvalue weighted by Crippen LogP contribution is -2.42. The van der Waals surface area contributed by atoms with Crippen LogP contribution in [-0.4, -0.2) is 41.0 Å². The Morgan fingerprint density at radius 2 is 1.56 bits per heavy atom. The van der Waals surface area contributed by atoms with Crippen LogP contribution in [0.2, 0.25) is 0 Å². The van der Waals surface area contributed by atoms with Gasteiger partial charge in [-0.1, -0.05) is 66.3 Å². The van der Waals surface area contributed by atoms with E-state index in [-0.39, 0.29) is 5.41 Å². The van der Waals surface area contributed by atoms with Crippen LogP contribution in [0.4, 0.5) is 0 Å². The molecule has 0 amide bonds. The molecule has 5 nitrogen and oxygen atoms in total. The molecule has 0 spiro atoms. The van der Waals surface area contributed by atoms with Gasteiger partial charge >= 0.3 is 0 Å². The highest BCUT2D eigenvalue weighted by Gasteiger charge is 2.41. The van der Waals surface area contributed by atoms with Gasteiger partial charge in [-0.3, -0.25) is 14.9 Å². The number of nitrogens with zero attached hydrogens (tertiary/aromatic N) is 3. The molecular formula is C31H37N5. The highest BCUT2D eigenvalue weighted by Crippen LogP contribution is 2.43. The van der Waals surface area contributed by atoms with Crippen LogP contribution in [0.15, 0.2) is 103 Å². The topological polar surface area (TPSA) is 53.1 Å². The van der Waals surface area contributed by atoms with E-state index < -0.39 is 0 Å². The average Bonchev–Trinajstić information content (AvgIpc) is 3.40. The third-order valence-corrected chi connectivity index (χ3v) is 7.52. The predicted molar refractivity (Wildman–Crippen MR) is 146 cm³/mol. The summed E-state index contributed by atoms with van der Waals surface area (Å²) in [6.07, 6.45) is 13.1. The smallest absolute Gasteiger partial charge is 0.0541 e. The minimum Gasteiger partial charge on any atom is -0.310 e. The van der Waals surface area contributed by atoms with Gasteiger partial charge in [0.15, 0.2) is 0 Å². The first kappa shape index (κ1) is 24.6. The van der Waals surface area contributed by atoms with Crippen LogP contribution in [0.1, 0.15) is 29.8 Å². The first-order valence-corrected chi connectivity index (χ1v) is 13.1. The summed E-state index contributed by atoms with van der Waals surface area (Å²) in [5.41, 5.74) is 5.16. The van der Waals surface area contributed by atoms with Crippen molar-refractivity contribution < 1.29 is 0 Å². The number of rotatable bonds is 11. The lowest BCUT2D eigenvalue weighted by molar-refractivity contribution is 0.203. The van der Waals surface area contributed by atoms with Crippen molar-refractivity contribution in [2.75, 3.05) is 26.2 Å². The number of nitrogens with one attached hydrogen (secondary N) is 2. The Labute approximate surface area is 215 Å². The summed E-state index contributed by atoms with van der Waals surface area (Å²) >= 11 is 0. The van der Waals surface area contributed by atoms with Gasteiger partial charge in [0.05, 0.1) is 11.4 Å². The van der Waals surface area contributed by atoms with E-state index in [1.54, 1.807) is 0 Å². The summed E-state index contributed by atoms with van der Waals surface area (Å²) in [4.78, 5) is 11.6. The van der Waals surface area contributed by atoms with E-state index >= 15 is 0 Å². The second-order valence-corrected chi connectivity index (χ2v) is 10.1. The second-order valence-electron chi connectivity index (χ2n) is 10.1. The van der Waals surface area contributed by atoms with Crippen molar-refractivity contribution in [2.24, 2.45) is 11.3 Å². The first-order valence-electron chi connectivity index (χ1n) is 13.1. The zero-order chi connectivity index (χ0) is 24.5. The summed E-state index contributed by atoms with van der Waals surface area (Å²) in [5.74, 6) is 0.619. The SMILES string of the molecule is C1=CC(CNCc2ccccn2)(C2CCN(Cc3ccccc3)C2)CC(CNCc2ccccn2)=C1. The predicted octanol–water partition coefficient (Wildman–Crippen LogP) is 4.75. The molecule has 0 bridgehead atoms. The first-order chi connectivity index (χ1) is 17.8. The minimum absolute atomic E-state index is 0.108. The Kier molecular flexibility index (Phi) is 8.34. The monoisotopic (exact) mass is 479 g/mol. The zero-order valence-corrected chi connectivity index (χ0v) is 21.0. The molecule has 1 aliphatic carbocycles. The van der Waals surface area contributed by atoms with Gasteiger partial charge in [0.2, 0.25) is 0 Å². The van der Waals surface area contributed by atoms with Gasteiger partial charge in [-0.25, -0.2) is 0 Å². The summed E-state index contributed by atoms with van der Waals surface area (Å²) < 4.78 is 0. The van der Waals surface area contributed by atoms with Crippen LogP contribution in [0.25, 0.3) is 0 Å². The van der Waals surface area contributed by atoms with Crippen LogP contribution >= 0.6 is 0 Å². The number of allylic oxidation sites excluding steroid dienone is 2. The van der Waals surface area contributed by atoms with Gasteiger partial charge in [0.25, 0.3) is 0 Å². The van der Waals surface area contributed by atoms with Crippen LogP contribution in [0.5, 0.6) is 0 Å². The van der Waals surface area contributed by atoms with Gasteiger partial charge in [0, 0.05) is 57.1 Å². The number of pyridine rings is 2. The maximum atomic E-state index is 4.51. The Morgan fingerprint density at radius 1 is 0.833 bits per heavy atom. The van der Waals surface area contributed by atoms with Gasteiger partial charge in [-0.05, 0) is 55.1 Å². The van der Waals surface area contributed by atoms with E-state index in [2.05, 4.69) is 92.3 Å². The van der Waals surface area contributed by atoms with Crippen molar-refractivity contribution >= 4 is 0 Å². The largest absolute Gasteiger partial charge is 0.310 e. The fourth-order valence-electron chi connectivity index (χ4n) is 5.65. The molecule has 36 heavy (non-hydrogen) atoms. The van der Waals surface area contributed by atoms with Crippen molar-refractivity contribution in [3.63, 3.8) is 0 Å². The normalized spacial score (nSPS) is 22.0. The molecule has 0 radical (unpaired) electrons. The standard InChI is InChI=1S/C31H37N5/c1-2-9-26(10-3-1)23-36-18-14-28(24-36)31(25-33-22-30-13-5-7-17-35-30)15-8-11-27(19-31)20-32-21-29-12-4-6-16-34-29/h1-13,15-17,28,32-33H,14,18-25H2. The van der Waals surface area contributed by atoms with Gasteiger partial charge < -0.3 is 10.6 Å². The molecule has 0 saturated carbocycles. The molecule has 2 N–H and O–H groups in total. The van der Waals surface area contributed by atoms with E-state index in [1.807, 2.05) is 30.6 Å². The van der Waals surface area contributed by atoms with Crippen LogP contribution < -0.4 is 10.6 Å². The zero-order valence-electron chi connectivity index (χ0n) is 21.0. The summed E-state index contributed by atoms with van der Waals surface area (Å²) in [5, 5.41) is 7.38. The number of hydrogen-bond acceptors (Lipinski definition) is 5. The maximum Gasteiger partial charge on any atom is 0.0541 e. The van der Waals surface area contributed by atoms with E-state index in [9.17, 15) is 0 Å². The molecule has 3 aromatic rings. The summed E-state index contributed by atoms with van der Waals surface area (Å²) in [6, 6.07) is 23.1. The Bertz CT molecular complexity index is 1130. The van der Waals surface area contributed by atoms with Crippen molar-refractivity contribution in [3.05, 3.63) is 120 Å². The second kappa shape index (κ2) is 12.2. The lowest BCUT2D eigenvalue weighted by atomic mass is 9.68. The van der Waals surface area contributed by atoms with Gasteiger partial charge in [-0.2, -0.15) is 0 Å². The van der Waals surface area contributed by atoms with E-state index in [1.165, 1.54) is 17.6 Å². The molecule has 3 heterocycles. The van der Waals surface area contributed by atoms with Crippen LogP contribution in [0, 0.1) is 11.3 Å². The molecule has 1 aromatic carbocycles. The molecule has 2 aromatic heterocycles. The van der Waals surface area contributed by atoms with Crippen LogP contribution in [0.3, 0.4) is 0 Å². The molecule has 2 atom stereocenters. The number of aromatic nitrogens is 2. The molecule has 1 fully saturated rings. The van der Waals surface area contributed by atoms with Crippen molar-refractivity contribution in [1.82, 2.24) is 25.5 Å².